The van der Waals surface area contributed by atoms with Crippen LogP contribution in [0.1, 0.15) is 46.1 Å². The number of esters is 2. The highest BCUT2D eigenvalue weighted by atomic mass is 16.6. The second-order valence-corrected chi connectivity index (χ2v) is 7.47. The van der Waals surface area contributed by atoms with Crippen LogP contribution in [0.25, 0.3) is 0 Å². The van der Waals surface area contributed by atoms with Gasteiger partial charge in [-0.3, -0.25) is 4.79 Å². The molecule has 6 heteroatoms. The zero-order valence-corrected chi connectivity index (χ0v) is 15.1. The van der Waals surface area contributed by atoms with Crippen LogP contribution in [0.2, 0.25) is 0 Å². The number of hydrogen-bond acceptors (Lipinski definition) is 5. The van der Waals surface area contributed by atoms with Crippen molar-refractivity contribution < 1.29 is 23.9 Å². The first kappa shape index (κ1) is 19.0. The maximum Gasteiger partial charge on any atom is 0.408 e. The van der Waals surface area contributed by atoms with Crippen LogP contribution in [-0.2, 0) is 25.7 Å². The maximum absolute atomic E-state index is 12.3. The van der Waals surface area contributed by atoms with Gasteiger partial charge in [0.1, 0.15) is 12.6 Å². The van der Waals surface area contributed by atoms with Crippen LogP contribution in [0.4, 0.5) is 4.79 Å². The zero-order valence-electron chi connectivity index (χ0n) is 15.1. The number of amides is 1. The highest BCUT2D eigenvalue weighted by Crippen LogP contribution is 2.59. The fourth-order valence-electron chi connectivity index (χ4n) is 2.66. The molecule has 0 saturated heterocycles. The number of alkyl carbamates (subject to hydrolysis) is 1. The molecule has 1 aliphatic rings. The topological polar surface area (TPSA) is 81.7 Å². The largest absolute Gasteiger partial charge is 0.445 e. The molecule has 1 atom stereocenters. The number of carbonyl (C=O) groups is 3. The summed E-state index contributed by atoms with van der Waals surface area (Å²) in [5.74, 6) is -1.30. The number of nitrogens with one attached hydrogen (secondary N) is 1. The van der Waals surface area contributed by atoms with E-state index in [0.29, 0.717) is 12.8 Å². The zero-order chi connectivity index (χ0) is 18.7. The quantitative estimate of drug-likeness (QED) is 0.653. The Hall–Kier alpha value is -2.37. The molecule has 0 heterocycles. The predicted octanol–water partition coefficient (Wildman–Crippen LogP) is 3.20. The highest BCUT2D eigenvalue weighted by Gasteiger charge is 2.59. The van der Waals surface area contributed by atoms with Crippen molar-refractivity contribution in [3.8, 4) is 0 Å². The van der Waals surface area contributed by atoms with E-state index in [9.17, 15) is 14.4 Å². The van der Waals surface area contributed by atoms with E-state index in [0.717, 1.165) is 5.56 Å². The van der Waals surface area contributed by atoms with Crippen molar-refractivity contribution in [3.05, 3.63) is 35.9 Å². The summed E-state index contributed by atoms with van der Waals surface area (Å²) in [6, 6.07) is 8.22. The molecule has 1 fully saturated rings. The second kappa shape index (κ2) is 7.25. The van der Waals surface area contributed by atoms with Crippen LogP contribution in [0, 0.1) is 10.8 Å². The van der Waals surface area contributed by atoms with Crippen LogP contribution in [0.5, 0.6) is 0 Å². The molecule has 0 spiro atoms. The van der Waals surface area contributed by atoms with Gasteiger partial charge in [-0.25, -0.2) is 9.59 Å². The van der Waals surface area contributed by atoms with Crippen molar-refractivity contribution >= 4 is 18.0 Å². The lowest BCUT2D eigenvalue weighted by molar-refractivity contribution is -0.167. The van der Waals surface area contributed by atoms with Gasteiger partial charge in [0, 0.05) is 0 Å². The molecular formula is C19H25NO5. The first-order chi connectivity index (χ1) is 11.7. The molecule has 2 rings (SSSR count). The summed E-state index contributed by atoms with van der Waals surface area (Å²) < 4.78 is 10.0. The fraction of sp³-hybridized carbons (Fsp3) is 0.526. The lowest BCUT2D eigenvalue weighted by atomic mass is 9.77. The molecule has 0 radical (unpaired) electrons. The van der Waals surface area contributed by atoms with Crippen LogP contribution < -0.4 is 5.32 Å². The Morgan fingerprint density at radius 2 is 1.76 bits per heavy atom. The van der Waals surface area contributed by atoms with Crippen molar-refractivity contribution in [1.82, 2.24) is 5.32 Å². The third-order valence-electron chi connectivity index (χ3n) is 4.67. The normalized spacial score (nSPS) is 16.5. The molecule has 1 aromatic carbocycles. The van der Waals surface area contributed by atoms with E-state index < -0.39 is 29.5 Å². The highest BCUT2D eigenvalue weighted by molar-refractivity contribution is 5.93. The van der Waals surface area contributed by atoms with Gasteiger partial charge in [0.25, 0.3) is 0 Å². The minimum Gasteiger partial charge on any atom is -0.445 e. The van der Waals surface area contributed by atoms with Crippen molar-refractivity contribution in [2.24, 2.45) is 10.8 Å². The molecule has 0 unspecified atom stereocenters. The molecule has 1 amide bonds. The Morgan fingerprint density at radius 1 is 1.16 bits per heavy atom. The first-order valence-corrected chi connectivity index (χ1v) is 8.39. The van der Waals surface area contributed by atoms with Gasteiger partial charge in [0.05, 0.1) is 5.41 Å². The molecule has 1 saturated carbocycles. The summed E-state index contributed by atoms with van der Waals surface area (Å²) in [4.78, 5) is 36.1. The summed E-state index contributed by atoms with van der Waals surface area (Å²) in [5.41, 5.74) is -0.0323. The minimum atomic E-state index is -0.969. The smallest absolute Gasteiger partial charge is 0.408 e. The lowest BCUT2D eigenvalue weighted by Crippen LogP contribution is -2.42. The summed E-state index contributed by atoms with van der Waals surface area (Å²) in [6.07, 6.45) is 0.685. The van der Waals surface area contributed by atoms with E-state index in [1.165, 1.54) is 6.92 Å². The molecular weight excluding hydrogens is 322 g/mol. The molecule has 25 heavy (non-hydrogen) atoms. The van der Waals surface area contributed by atoms with Gasteiger partial charge in [-0.05, 0) is 30.7 Å². The number of rotatable bonds is 5. The Labute approximate surface area is 147 Å². The predicted molar refractivity (Wildman–Crippen MR) is 91.4 cm³/mol. The van der Waals surface area contributed by atoms with E-state index in [1.807, 2.05) is 51.1 Å². The van der Waals surface area contributed by atoms with Crippen molar-refractivity contribution in [3.63, 3.8) is 0 Å². The van der Waals surface area contributed by atoms with E-state index in [1.54, 1.807) is 0 Å². The minimum absolute atomic E-state index is 0.0977. The summed E-state index contributed by atoms with van der Waals surface area (Å²) in [7, 11) is 0. The maximum atomic E-state index is 12.3. The summed E-state index contributed by atoms with van der Waals surface area (Å²) in [5, 5.41) is 2.38. The van der Waals surface area contributed by atoms with Gasteiger partial charge < -0.3 is 14.8 Å². The van der Waals surface area contributed by atoms with Crippen molar-refractivity contribution in [2.75, 3.05) is 0 Å². The third kappa shape index (κ3) is 4.59. The molecule has 136 valence electrons. The van der Waals surface area contributed by atoms with Gasteiger partial charge in [-0.1, -0.05) is 51.1 Å². The van der Waals surface area contributed by atoms with Crippen molar-refractivity contribution in [1.29, 1.82) is 0 Å². The monoisotopic (exact) mass is 347 g/mol. The van der Waals surface area contributed by atoms with Gasteiger partial charge in [-0.15, -0.1) is 0 Å². The third-order valence-corrected chi connectivity index (χ3v) is 4.67. The summed E-state index contributed by atoms with van der Waals surface area (Å²) >= 11 is 0. The van der Waals surface area contributed by atoms with Gasteiger partial charge in [0.2, 0.25) is 0 Å². The number of benzene rings is 1. The molecule has 0 aromatic heterocycles. The van der Waals surface area contributed by atoms with Gasteiger partial charge in [-0.2, -0.15) is 0 Å². The fourth-order valence-corrected chi connectivity index (χ4v) is 2.66. The Bertz CT molecular complexity index is 644. The van der Waals surface area contributed by atoms with Crippen LogP contribution >= 0.6 is 0 Å². The second-order valence-electron chi connectivity index (χ2n) is 7.47. The molecule has 0 bridgehead atoms. The van der Waals surface area contributed by atoms with Crippen molar-refractivity contribution in [2.45, 2.75) is 53.2 Å². The Kier molecular flexibility index (Phi) is 5.50. The van der Waals surface area contributed by atoms with Gasteiger partial charge >= 0.3 is 18.0 Å². The number of carbonyl (C=O) groups excluding carboxylic acids is 3. The average molecular weight is 347 g/mol. The van der Waals surface area contributed by atoms with E-state index in [2.05, 4.69) is 5.32 Å². The molecule has 1 N–H and O–H groups in total. The van der Waals surface area contributed by atoms with E-state index in [4.69, 9.17) is 9.47 Å². The van der Waals surface area contributed by atoms with Gasteiger partial charge in [0.15, 0.2) is 0 Å². The molecule has 1 aromatic rings. The molecule has 0 aliphatic heterocycles. The van der Waals surface area contributed by atoms with Crippen LogP contribution in [0.15, 0.2) is 30.3 Å². The first-order valence-electron chi connectivity index (χ1n) is 8.39. The lowest BCUT2D eigenvalue weighted by Gasteiger charge is -2.28. The summed E-state index contributed by atoms with van der Waals surface area (Å²) in [6.45, 7) is 7.41. The molecule has 6 nitrogen and oxygen atoms in total. The Balaban J connectivity index is 1.80. The number of ether oxygens (including phenoxy) is 2. The number of hydrogen-bond donors (Lipinski definition) is 1. The van der Waals surface area contributed by atoms with Crippen LogP contribution in [0.3, 0.4) is 0 Å². The SMILES string of the molecule is C[C@H](NC(=O)OCc1ccccc1)C(=O)OC(=O)C1(C(C)(C)C)CC1. The van der Waals surface area contributed by atoms with Crippen LogP contribution in [-0.4, -0.2) is 24.1 Å². The van der Waals surface area contributed by atoms with E-state index >= 15 is 0 Å². The van der Waals surface area contributed by atoms with E-state index in [-0.39, 0.29) is 12.0 Å². The molecule has 1 aliphatic carbocycles. The standard InChI is InChI=1S/C19H25NO5/c1-13(20-17(23)24-12-14-8-6-5-7-9-14)15(21)25-16(22)19(10-11-19)18(2,3)4/h5-9,13H,10-12H2,1-4H3,(H,20,23)/t13-/m0/s1. The Morgan fingerprint density at radius 3 is 2.28 bits per heavy atom. The average Bonchev–Trinajstić information content (AvgIpc) is 3.35.